The van der Waals surface area contributed by atoms with Gasteiger partial charge in [-0.2, -0.15) is 0 Å². The molecule has 0 bridgehead atoms. The van der Waals surface area contributed by atoms with Crippen LogP contribution in [-0.2, 0) is 4.79 Å². The summed E-state index contributed by atoms with van der Waals surface area (Å²) in [4.78, 5) is 10.7. The molecule has 92 valence electrons. The van der Waals surface area contributed by atoms with Gasteiger partial charge in [0.05, 0.1) is 5.69 Å². The van der Waals surface area contributed by atoms with E-state index >= 15 is 0 Å². The third kappa shape index (κ3) is 2.82. The van der Waals surface area contributed by atoms with Gasteiger partial charge in [-0.15, -0.1) is 10.2 Å². The predicted molar refractivity (Wildman–Crippen MR) is 68.2 cm³/mol. The molecule has 18 heavy (non-hydrogen) atoms. The zero-order chi connectivity index (χ0) is 13.0. The number of carboxylic acid groups (broad SMARTS) is 1. The summed E-state index contributed by atoms with van der Waals surface area (Å²) in [5.74, 6) is -0.478. The van der Waals surface area contributed by atoms with E-state index in [0.29, 0.717) is 5.82 Å². The first-order valence-corrected chi connectivity index (χ1v) is 5.55. The maximum Gasteiger partial charge on any atom is 0.325 e. The van der Waals surface area contributed by atoms with E-state index < -0.39 is 12.0 Å². The van der Waals surface area contributed by atoms with Gasteiger partial charge in [-0.3, -0.25) is 4.79 Å². The molecule has 1 unspecified atom stereocenters. The molecule has 0 aliphatic carbocycles. The van der Waals surface area contributed by atoms with E-state index in [9.17, 15) is 4.79 Å². The van der Waals surface area contributed by atoms with Crippen molar-refractivity contribution in [2.75, 3.05) is 5.32 Å². The minimum Gasteiger partial charge on any atom is -0.480 e. The lowest BCUT2D eigenvalue weighted by molar-refractivity contribution is -0.137. The van der Waals surface area contributed by atoms with E-state index in [-0.39, 0.29) is 0 Å². The van der Waals surface area contributed by atoms with Crippen LogP contribution in [0.2, 0.25) is 0 Å². The van der Waals surface area contributed by atoms with Gasteiger partial charge in [0.25, 0.3) is 0 Å². The fourth-order valence-corrected chi connectivity index (χ4v) is 1.46. The maximum atomic E-state index is 10.7. The number of anilines is 1. The number of hydrogen-bond donors (Lipinski definition) is 2. The molecule has 0 fully saturated rings. The minimum absolute atomic E-state index is 0.449. The smallest absolute Gasteiger partial charge is 0.325 e. The molecule has 2 aromatic rings. The fraction of sp³-hybridized carbons (Fsp3) is 0.154. The Hall–Kier alpha value is -2.43. The highest BCUT2D eigenvalue weighted by Crippen LogP contribution is 2.16. The predicted octanol–water partition coefficient (Wildman–Crippen LogP) is 2.03. The molecule has 0 spiro atoms. The van der Waals surface area contributed by atoms with E-state index in [0.717, 1.165) is 11.3 Å². The number of rotatable bonds is 4. The topological polar surface area (TPSA) is 75.1 Å². The number of aromatic nitrogens is 2. The van der Waals surface area contributed by atoms with Gasteiger partial charge in [0.2, 0.25) is 0 Å². The molecule has 0 aliphatic heterocycles. The number of benzene rings is 1. The van der Waals surface area contributed by atoms with Crippen LogP contribution in [0.3, 0.4) is 0 Å². The van der Waals surface area contributed by atoms with Crippen molar-refractivity contribution < 1.29 is 9.90 Å². The number of aliphatic carboxylic acids is 1. The Morgan fingerprint density at radius 3 is 2.44 bits per heavy atom. The molecule has 0 saturated carbocycles. The first-order valence-electron chi connectivity index (χ1n) is 5.55. The molecule has 1 heterocycles. The van der Waals surface area contributed by atoms with Gasteiger partial charge in [0, 0.05) is 5.56 Å². The van der Waals surface area contributed by atoms with Crippen LogP contribution in [0.1, 0.15) is 6.92 Å². The first-order chi connectivity index (χ1) is 8.66. The molecule has 0 saturated heterocycles. The molecule has 2 rings (SSSR count). The zero-order valence-corrected chi connectivity index (χ0v) is 9.87. The molecule has 1 aromatic carbocycles. The lowest BCUT2D eigenvalue weighted by Gasteiger charge is -2.09. The number of carboxylic acids is 1. The summed E-state index contributed by atoms with van der Waals surface area (Å²) in [6, 6.07) is 12.5. The lowest BCUT2D eigenvalue weighted by Crippen LogP contribution is -2.25. The molecule has 0 amide bonds. The van der Waals surface area contributed by atoms with Gasteiger partial charge in [0.15, 0.2) is 0 Å². The quantitative estimate of drug-likeness (QED) is 0.859. The van der Waals surface area contributed by atoms with Crippen molar-refractivity contribution in [3.63, 3.8) is 0 Å². The van der Waals surface area contributed by atoms with Gasteiger partial charge in [-0.1, -0.05) is 30.3 Å². The second-order valence-corrected chi connectivity index (χ2v) is 3.87. The number of nitrogens with one attached hydrogen (secondary N) is 1. The lowest BCUT2D eigenvalue weighted by atomic mass is 10.1. The van der Waals surface area contributed by atoms with Crippen molar-refractivity contribution in [1.29, 1.82) is 0 Å². The van der Waals surface area contributed by atoms with E-state index in [1.54, 1.807) is 19.1 Å². The van der Waals surface area contributed by atoms with Crippen molar-refractivity contribution in [3.05, 3.63) is 42.5 Å². The Morgan fingerprint density at radius 1 is 1.17 bits per heavy atom. The average Bonchev–Trinajstić information content (AvgIpc) is 2.40. The number of nitrogens with zero attached hydrogens (tertiary/aromatic N) is 2. The Kier molecular flexibility index (Phi) is 3.52. The minimum atomic E-state index is -0.927. The zero-order valence-electron chi connectivity index (χ0n) is 9.87. The molecule has 2 N–H and O–H groups in total. The van der Waals surface area contributed by atoms with E-state index in [1.165, 1.54) is 0 Å². The highest BCUT2D eigenvalue weighted by Gasteiger charge is 2.10. The van der Waals surface area contributed by atoms with Gasteiger partial charge < -0.3 is 10.4 Å². The molecule has 1 aromatic heterocycles. The van der Waals surface area contributed by atoms with Crippen molar-refractivity contribution in [2.24, 2.45) is 0 Å². The third-order valence-corrected chi connectivity index (χ3v) is 2.47. The summed E-state index contributed by atoms with van der Waals surface area (Å²) in [5.41, 5.74) is 1.73. The van der Waals surface area contributed by atoms with Crippen LogP contribution >= 0.6 is 0 Å². The molecule has 1 atom stereocenters. The first kappa shape index (κ1) is 12.0. The van der Waals surface area contributed by atoms with Crippen LogP contribution in [0.25, 0.3) is 11.3 Å². The third-order valence-electron chi connectivity index (χ3n) is 2.47. The summed E-state index contributed by atoms with van der Waals surface area (Å²) in [6.45, 7) is 1.55. The summed E-state index contributed by atoms with van der Waals surface area (Å²) in [5, 5.41) is 19.5. The Balaban J connectivity index is 2.13. The summed E-state index contributed by atoms with van der Waals surface area (Å²) in [6.07, 6.45) is 0. The molecular formula is C13H13N3O2. The van der Waals surface area contributed by atoms with Crippen LogP contribution in [0, 0.1) is 0 Å². The molecule has 0 radical (unpaired) electrons. The summed E-state index contributed by atoms with van der Waals surface area (Å²) >= 11 is 0. The second kappa shape index (κ2) is 5.27. The van der Waals surface area contributed by atoms with Gasteiger partial charge in [-0.25, -0.2) is 0 Å². The Labute approximate surface area is 104 Å². The van der Waals surface area contributed by atoms with Gasteiger partial charge >= 0.3 is 5.97 Å². The van der Waals surface area contributed by atoms with Crippen molar-refractivity contribution in [3.8, 4) is 11.3 Å². The number of carbonyl (C=O) groups is 1. The molecule has 5 heteroatoms. The SMILES string of the molecule is CC(Nc1ccc(-c2ccccc2)nn1)C(=O)O. The normalized spacial score (nSPS) is 11.8. The fourth-order valence-electron chi connectivity index (χ4n) is 1.46. The van der Waals surface area contributed by atoms with E-state index in [2.05, 4.69) is 15.5 Å². The Bertz CT molecular complexity index is 526. The average molecular weight is 243 g/mol. The summed E-state index contributed by atoms with van der Waals surface area (Å²) < 4.78 is 0. The van der Waals surface area contributed by atoms with Crippen LogP contribution in [-0.4, -0.2) is 27.3 Å². The van der Waals surface area contributed by atoms with E-state index in [4.69, 9.17) is 5.11 Å². The van der Waals surface area contributed by atoms with Crippen molar-refractivity contribution in [2.45, 2.75) is 13.0 Å². The van der Waals surface area contributed by atoms with Crippen LogP contribution in [0.5, 0.6) is 0 Å². The highest BCUT2D eigenvalue weighted by atomic mass is 16.4. The van der Waals surface area contributed by atoms with Gasteiger partial charge in [0.1, 0.15) is 11.9 Å². The van der Waals surface area contributed by atoms with Crippen LogP contribution in [0.4, 0.5) is 5.82 Å². The van der Waals surface area contributed by atoms with E-state index in [1.807, 2.05) is 30.3 Å². The molecule has 0 aliphatic rings. The van der Waals surface area contributed by atoms with Crippen molar-refractivity contribution >= 4 is 11.8 Å². The molecular weight excluding hydrogens is 230 g/mol. The van der Waals surface area contributed by atoms with Gasteiger partial charge in [-0.05, 0) is 19.1 Å². The molecule has 5 nitrogen and oxygen atoms in total. The van der Waals surface area contributed by atoms with Crippen LogP contribution in [0.15, 0.2) is 42.5 Å². The van der Waals surface area contributed by atoms with Crippen molar-refractivity contribution in [1.82, 2.24) is 10.2 Å². The number of hydrogen-bond acceptors (Lipinski definition) is 4. The highest BCUT2D eigenvalue weighted by molar-refractivity contribution is 5.76. The largest absolute Gasteiger partial charge is 0.480 e. The standard InChI is InChI=1S/C13H13N3O2/c1-9(13(17)18)14-12-8-7-11(15-16-12)10-5-3-2-4-6-10/h2-9H,1H3,(H,14,16)(H,17,18). The Morgan fingerprint density at radius 2 is 1.89 bits per heavy atom. The second-order valence-electron chi connectivity index (χ2n) is 3.87. The maximum absolute atomic E-state index is 10.7. The monoisotopic (exact) mass is 243 g/mol. The summed E-state index contributed by atoms with van der Waals surface area (Å²) in [7, 11) is 0. The van der Waals surface area contributed by atoms with Crippen LogP contribution < -0.4 is 5.32 Å².